The van der Waals surface area contributed by atoms with E-state index in [0.29, 0.717) is 12.1 Å². The second kappa shape index (κ2) is 6.29. The van der Waals surface area contributed by atoms with Gasteiger partial charge in [0.2, 0.25) is 5.91 Å². The molecule has 2 N–H and O–H groups in total. The molecule has 0 radical (unpaired) electrons. The lowest BCUT2D eigenvalue weighted by Gasteiger charge is -2.21. The summed E-state index contributed by atoms with van der Waals surface area (Å²) in [5.41, 5.74) is 0.501. The van der Waals surface area contributed by atoms with E-state index in [1.54, 1.807) is 12.1 Å². The van der Waals surface area contributed by atoms with Gasteiger partial charge < -0.3 is 10.6 Å². The van der Waals surface area contributed by atoms with Crippen molar-refractivity contribution in [3.05, 3.63) is 34.1 Å². The highest BCUT2D eigenvalue weighted by Crippen LogP contribution is 2.16. The molecule has 3 nitrogen and oxygen atoms in total. The maximum atomic E-state index is 13.5. The molecule has 5 heteroatoms. The highest BCUT2D eigenvalue weighted by atomic mass is 79.9. The van der Waals surface area contributed by atoms with Crippen molar-refractivity contribution < 1.29 is 9.18 Å². The molecule has 1 fully saturated rings. The number of hydrogen-bond donors (Lipinski definition) is 2. The minimum absolute atomic E-state index is 0.00146. The van der Waals surface area contributed by atoms with E-state index in [9.17, 15) is 9.18 Å². The molecule has 0 spiro atoms. The van der Waals surface area contributed by atoms with Crippen molar-refractivity contribution in [2.24, 2.45) is 5.92 Å². The Kier molecular flexibility index (Phi) is 4.72. The minimum Gasteiger partial charge on any atom is -0.352 e. The van der Waals surface area contributed by atoms with Crippen molar-refractivity contribution in [2.75, 3.05) is 13.1 Å². The first-order valence-corrected chi connectivity index (χ1v) is 6.88. The summed E-state index contributed by atoms with van der Waals surface area (Å²) in [7, 11) is 0. The van der Waals surface area contributed by atoms with Crippen LogP contribution in [0.1, 0.15) is 18.4 Å². The molecule has 1 aromatic rings. The molecular formula is C13H16BrFN2O. The number of hydrogen-bond acceptors (Lipinski definition) is 2. The van der Waals surface area contributed by atoms with Crippen molar-refractivity contribution in [3.8, 4) is 0 Å². The number of piperidine rings is 1. The predicted octanol–water partition coefficient (Wildman–Crippen LogP) is 2.20. The first-order chi connectivity index (χ1) is 8.66. The highest BCUT2D eigenvalue weighted by molar-refractivity contribution is 9.10. The molecule has 0 aliphatic carbocycles. The first-order valence-electron chi connectivity index (χ1n) is 6.09. The van der Waals surface area contributed by atoms with E-state index in [-0.39, 0.29) is 24.2 Å². The number of rotatable bonds is 3. The standard InChI is InChI=1S/C13H16BrFN2O/c14-11-3-4-12(15)10(6-11)8-17-13(18)9-2-1-5-16-7-9/h3-4,6,9,16H,1-2,5,7-8H2,(H,17,18). The number of benzene rings is 1. The van der Waals surface area contributed by atoms with Gasteiger partial charge in [0.15, 0.2) is 0 Å². The van der Waals surface area contributed by atoms with Crippen molar-refractivity contribution in [1.82, 2.24) is 10.6 Å². The molecule has 0 bridgehead atoms. The van der Waals surface area contributed by atoms with Gasteiger partial charge in [0.05, 0.1) is 5.92 Å². The Balaban J connectivity index is 1.90. The molecule has 98 valence electrons. The Morgan fingerprint density at radius 1 is 1.56 bits per heavy atom. The lowest BCUT2D eigenvalue weighted by molar-refractivity contribution is -0.125. The fourth-order valence-corrected chi connectivity index (χ4v) is 2.49. The Labute approximate surface area is 114 Å². The van der Waals surface area contributed by atoms with Crippen LogP contribution in [-0.2, 0) is 11.3 Å². The number of nitrogens with one attached hydrogen (secondary N) is 2. The lowest BCUT2D eigenvalue weighted by atomic mass is 9.99. The van der Waals surface area contributed by atoms with Gasteiger partial charge in [-0.2, -0.15) is 0 Å². The monoisotopic (exact) mass is 314 g/mol. The van der Waals surface area contributed by atoms with E-state index < -0.39 is 0 Å². The zero-order chi connectivity index (χ0) is 13.0. The number of carbonyl (C=O) groups excluding carboxylic acids is 1. The Morgan fingerprint density at radius 3 is 3.11 bits per heavy atom. The van der Waals surface area contributed by atoms with E-state index in [2.05, 4.69) is 26.6 Å². The summed E-state index contributed by atoms with van der Waals surface area (Å²) in [6, 6.07) is 4.73. The molecule has 18 heavy (non-hydrogen) atoms. The third kappa shape index (κ3) is 3.53. The molecule has 2 rings (SSSR count). The quantitative estimate of drug-likeness (QED) is 0.898. The zero-order valence-electron chi connectivity index (χ0n) is 10.0. The van der Waals surface area contributed by atoms with E-state index in [0.717, 1.165) is 23.9 Å². The Morgan fingerprint density at radius 2 is 2.39 bits per heavy atom. The van der Waals surface area contributed by atoms with Crippen LogP contribution in [0, 0.1) is 11.7 Å². The zero-order valence-corrected chi connectivity index (χ0v) is 11.6. The summed E-state index contributed by atoms with van der Waals surface area (Å²) in [6.45, 7) is 1.93. The number of carbonyl (C=O) groups is 1. The van der Waals surface area contributed by atoms with Crippen LogP contribution in [0.4, 0.5) is 4.39 Å². The number of amides is 1. The van der Waals surface area contributed by atoms with E-state index >= 15 is 0 Å². The molecule has 0 aromatic heterocycles. The smallest absolute Gasteiger partial charge is 0.224 e. The average molecular weight is 315 g/mol. The molecule has 1 saturated heterocycles. The maximum Gasteiger partial charge on any atom is 0.224 e. The van der Waals surface area contributed by atoms with Crippen molar-refractivity contribution >= 4 is 21.8 Å². The van der Waals surface area contributed by atoms with Crippen LogP contribution in [0.5, 0.6) is 0 Å². The first kappa shape index (κ1) is 13.5. The highest BCUT2D eigenvalue weighted by Gasteiger charge is 2.20. The van der Waals surface area contributed by atoms with Gasteiger partial charge in [0, 0.05) is 23.1 Å². The molecule has 1 atom stereocenters. The second-order valence-electron chi connectivity index (χ2n) is 4.50. The van der Waals surface area contributed by atoms with Crippen LogP contribution in [0.15, 0.2) is 22.7 Å². The van der Waals surface area contributed by atoms with Gasteiger partial charge in [-0.3, -0.25) is 4.79 Å². The molecule has 1 heterocycles. The second-order valence-corrected chi connectivity index (χ2v) is 5.41. The van der Waals surface area contributed by atoms with Crippen molar-refractivity contribution in [1.29, 1.82) is 0 Å². The van der Waals surface area contributed by atoms with E-state index in [4.69, 9.17) is 0 Å². The van der Waals surface area contributed by atoms with Crippen LogP contribution in [0.25, 0.3) is 0 Å². The fourth-order valence-electron chi connectivity index (χ4n) is 2.08. The Hall–Kier alpha value is -0.940. The van der Waals surface area contributed by atoms with E-state index in [1.165, 1.54) is 6.07 Å². The normalized spacial score (nSPS) is 19.6. The van der Waals surface area contributed by atoms with Crippen LogP contribution in [-0.4, -0.2) is 19.0 Å². The van der Waals surface area contributed by atoms with Gasteiger partial charge in [-0.15, -0.1) is 0 Å². The molecule has 1 aromatic carbocycles. The molecule has 1 amide bonds. The number of halogens is 2. The summed E-state index contributed by atoms with van der Waals surface area (Å²) in [5.74, 6) is -0.282. The summed E-state index contributed by atoms with van der Waals surface area (Å²) >= 11 is 3.29. The van der Waals surface area contributed by atoms with E-state index in [1.807, 2.05) is 0 Å². The van der Waals surface area contributed by atoms with Gasteiger partial charge in [-0.25, -0.2) is 4.39 Å². The van der Waals surface area contributed by atoms with Crippen molar-refractivity contribution in [2.45, 2.75) is 19.4 Å². The third-order valence-electron chi connectivity index (χ3n) is 3.13. The van der Waals surface area contributed by atoms with Crippen molar-refractivity contribution in [3.63, 3.8) is 0 Å². The molecule has 1 aliphatic heterocycles. The minimum atomic E-state index is -0.291. The largest absolute Gasteiger partial charge is 0.352 e. The summed E-state index contributed by atoms with van der Waals surface area (Å²) in [6.07, 6.45) is 1.92. The summed E-state index contributed by atoms with van der Waals surface area (Å²) < 4.78 is 14.3. The summed E-state index contributed by atoms with van der Waals surface area (Å²) in [5, 5.41) is 5.99. The molecule has 1 unspecified atom stereocenters. The SMILES string of the molecule is O=C(NCc1cc(Br)ccc1F)C1CCCNC1. The fraction of sp³-hybridized carbons (Fsp3) is 0.462. The van der Waals surface area contributed by atoms with Gasteiger partial charge >= 0.3 is 0 Å². The molecular weight excluding hydrogens is 299 g/mol. The van der Waals surface area contributed by atoms with Gasteiger partial charge in [-0.05, 0) is 37.6 Å². The molecule has 1 aliphatic rings. The van der Waals surface area contributed by atoms with Crippen LogP contribution in [0.2, 0.25) is 0 Å². The van der Waals surface area contributed by atoms with Crippen LogP contribution < -0.4 is 10.6 Å². The van der Waals surface area contributed by atoms with Crippen LogP contribution in [0.3, 0.4) is 0 Å². The predicted molar refractivity (Wildman–Crippen MR) is 71.5 cm³/mol. The third-order valence-corrected chi connectivity index (χ3v) is 3.62. The topological polar surface area (TPSA) is 41.1 Å². The van der Waals surface area contributed by atoms with Gasteiger partial charge in [0.1, 0.15) is 5.82 Å². The van der Waals surface area contributed by atoms with Crippen LogP contribution >= 0.6 is 15.9 Å². The maximum absolute atomic E-state index is 13.5. The molecule has 0 saturated carbocycles. The Bertz CT molecular complexity index is 433. The lowest BCUT2D eigenvalue weighted by Crippen LogP contribution is -2.40. The summed E-state index contributed by atoms with van der Waals surface area (Å²) in [4.78, 5) is 11.9. The van der Waals surface area contributed by atoms with Gasteiger partial charge in [0.25, 0.3) is 0 Å². The van der Waals surface area contributed by atoms with Gasteiger partial charge in [-0.1, -0.05) is 15.9 Å². The average Bonchev–Trinajstić information content (AvgIpc) is 2.40.